The van der Waals surface area contributed by atoms with Crippen molar-refractivity contribution in [1.82, 2.24) is 10.2 Å². The lowest BCUT2D eigenvalue weighted by molar-refractivity contribution is -0.139. The summed E-state index contributed by atoms with van der Waals surface area (Å²) in [4.78, 5) is 25.7. The van der Waals surface area contributed by atoms with Crippen molar-refractivity contribution in [3.63, 3.8) is 0 Å². The van der Waals surface area contributed by atoms with Crippen molar-refractivity contribution in [2.24, 2.45) is 5.92 Å². The van der Waals surface area contributed by atoms with E-state index in [1.807, 2.05) is 4.90 Å². The summed E-state index contributed by atoms with van der Waals surface area (Å²) in [5.74, 6) is 0.823. The second kappa shape index (κ2) is 6.92. The van der Waals surface area contributed by atoms with E-state index in [0.29, 0.717) is 18.2 Å². The molecule has 0 aromatic carbocycles. The van der Waals surface area contributed by atoms with Crippen LogP contribution in [-0.2, 0) is 9.59 Å². The summed E-state index contributed by atoms with van der Waals surface area (Å²) in [5.41, 5.74) is 0. The third-order valence-electron chi connectivity index (χ3n) is 4.38. The molecule has 1 aliphatic heterocycles. The molecule has 108 valence electrons. The average molecular weight is 266 g/mol. The molecular formula is C15H26N2O2. The molecule has 1 heterocycles. The molecule has 2 fully saturated rings. The van der Waals surface area contributed by atoms with Gasteiger partial charge in [0.2, 0.25) is 11.8 Å². The number of unbranched alkanes of at least 4 members (excludes halogenated alkanes) is 1. The number of carbonyl (C=O) groups is 2. The van der Waals surface area contributed by atoms with Gasteiger partial charge in [0.1, 0.15) is 0 Å². The molecule has 2 rings (SSSR count). The molecule has 1 aliphatic carbocycles. The Hall–Kier alpha value is -1.06. The second-order valence-corrected chi connectivity index (χ2v) is 5.90. The molecule has 0 radical (unpaired) electrons. The third kappa shape index (κ3) is 3.95. The van der Waals surface area contributed by atoms with Crippen LogP contribution in [0.2, 0.25) is 0 Å². The summed E-state index contributed by atoms with van der Waals surface area (Å²) < 4.78 is 0. The van der Waals surface area contributed by atoms with E-state index >= 15 is 0 Å². The minimum Gasteiger partial charge on any atom is -0.353 e. The third-order valence-corrected chi connectivity index (χ3v) is 4.38. The Kier molecular flexibility index (Phi) is 5.23. The zero-order valence-corrected chi connectivity index (χ0v) is 12.0. The first-order valence-corrected chi connectivity index (χ1v) is 7.79. The second-order valence-electron chi connectivity index (χ2n) is 5.90. The fraction of sp³-hybridized carbons (Fsp3) is 0.867. The summed E-state index contributed by atoms with van der Waals surface area (Å²) >= 11 is 0. The van der Waals surface area contributed by atoms with Gasteiger partial charge in [0, 0.05) is 31.5 Å². The minimum atomic E-state index is 0.172. The molecule has 0 spiro atoms. The number of piperidine rings is 1. The van der Waals surface area contributed by atoms with E-state index in [0.717, 1.165) is 51.6 Å². The number of hydrogen-bond acceptors (Lipinski definition) is 2. The van der Waals surface area contributed by atoms with Gasteiger partial charge in [0.25, 0.3) is 0 Å². The van der Waals surface area contributed by atoms with Gasteiger partial charge in [-0.1, -0.05) is 19.8 Å². The highest BCUT2D eigenvalue weighted by Crippen LogP contribution is 2.29. The number of nitrogens with one attached hydrogen (secondary N) is 1. The summed E-state index contributed by atoms with van der Waals surface area (Å²) in [7, 11) is 0. The predicted octanol–water partition coefficient (Wildman–Crippen LogP) is 2.08. The summed E-state index contributed by atoms with van der Waals surface area (Å²) in [5, 5.41) is 3.09. The largest absolute Gasteiger partial charge is 0.353 e. The van der Waals surface area contributed by atoms with E-state index in [1.165, 1.54) is 6.42 Å². The maximum absolute atomic E-state index is 12.1. The average Bonchev–Trinajstić information content (AvgIpc) is 2.35. The van der Waals surface area contributed by atoms with E-state index in [4.69, 9.17) is 0 Å². The zero-order valence-electron chi connectivity index (χ0n) is 12.0. The van der Waals surface area contributed by atoms with Crippen molar-refractivity contribution in [3.8, 4) is 0 Å². The van der Waals surface area contributed by atoms with E-state index in [9.17, 15) is 9.59 Å². The van der Waals surface area contributed by atoms with Gasteiger partial charge in [-0.25, -0.2) is 0 Å². The van der Waals surface area contributed by atoms with Crippen LogP contribution in [0.3, 0.4) is 0 Å². The molecular weight excluding hydrogens is 240 g/mol. The monoisotopic (exact) mass is 266 g/mol. The number of likely N-dealkylation sites (tertiary alicyclic amines) is 1. The number of amides is 2. The Balaban J connectivity index is 1.67. The minimum absolute atomic E-state index is 0.172. The molecule has 1 saturated carbocycles. The Labute approximate surface area is 115 Å². The molecule has 1 saturated heterocycles. The van der Waals surface area contributed by atoms with Gasteiger partial charge in [0.15, 0.2) is 0 Å². The van der Waals surface area contributed by atoms with Gasteiger partial charge < -0.3 is 10.2 Å². The Bertz CT molecular complexity index is 318. The molecule has 2 aliphatic rings. The summed E-state index contributed by atoms with van der Waals surface area (Å²) in [6.07, 6.45) is 7.84. The number of hydrogen-bond donors (Lipinski definition) is 1. The molecule has 0 aromatic heterocycles. The quantitative estimate of drug-likeness (QED) is 0.828. The van der Waals surface area contributed by atoms with E-state index in [2.05, 4.69) is 12.2 Å². The van der Waals surface area contributed by atoms with Crippen LogP contribution >= 0.6 is 0 Å². The normalized spacial score (nSPS) is 21.0. The van der Waals surface area contributed by atoms with Crippen LogP contribution in [-0.4, -0.2) is 35.8 Å². The standard InChI is InChI=1S/C15H26N2O2/c1-2-3-7-14(18)16-13-8-10-17(11-9-13)15(19)12-5-4-6-12/h12-13H,2-11H2,1H3,(H,16,18). The molecule has 0 unspecified atom stereocenters. The van der Waals surface area contributed by atoms with Gasteiger partial charge in [-0.15, -0.1) is 0 Å². The van der Waals surface area contributed by atoms with E-state index < -0.39 is 0 Å². The summed E-state index contributed by atoms with van der Waals surface area (Å²) in [6.45, 7) is 3.72. The molecule has 19 heavy (non-hydrogen) atoms. The smallest absolute Gasteiger partial charge is 0.225 e. The Morgan fingerprint density at radius 3 is 2.37 bits per heavy atom. The molecule has 0 bridgehead atoms. The zero-order chi connectivity index (χ0) is 13.7. The van der Waals surface area contributed by atoms with Gasteiger partial charge in [0.05, 0.1) is 0 Å². The fourth-order valence-electron chi connectivity index (χ4n) is 2.79. The van der Waals surface area contributed by atoms with Crippen molar-refractivity contribution < 1.29 is 9.59 Å². The SMILES string of the molecule is CCCCC(=O)NC1CCN(C(=O)C2CCC2)CC1. The van der Waals surface area contributed by atoms with Crippen molar-refractivity contribution >= 4 is 11.8 Å². The highest BCUT2D eigenvalue weighted by atomic mass is 16.2. The highest BCUT2D eigenvalue weighted by molar-refractivity contribution is 5.80. The first-order valence-electron chi connectivity index (χ1n) is 7.79. The van der Waals surface area contributed by atoms with E-state index in [1.54, 1.807) is 0 Å². The van der Waals surface area contributed by atoms with Crippen LogP contribution in [0.1, 0.15) is 58.3 Å². The Morgan fingerprint density at radius 2 is 1.84 bits per heavy atom. The lowest BCUT2D eigenvalue weighted by Crippen LogP contribution is -2.48. The summed E-state index contributed by atoms with van der Waals surface area (Å²) in [6, 6.07) is 0.273. The first-order chi connectivity index (χ1) is 9.20. The molecule has 0 atom stereocenters. The molecule has 4 heteroatoms. The highest BCUT2D eigenvalue weighted by Gasteiger charge is 2.31. The Morgan fingerprint density at radius 1 is 1.16 bits per heavy atom. The van der Waals surface area contributed by atoms with Crippen LogP contribution in [0.4, 0.5) is 0 Å². The lowest BCUT2D eigenvalue weighted by atomic mass is 9.84. The lowest BCUT2D eigenvalue weighted by Gasteiger charge is -2.36. The first kappa shape index (κ1) is 14.4. The van der Waals surface area contributed by atoms with Crippen molar-refractivity contribution in [2.45, 2.75) is 64.3 Å². The molecule has 0 aromatic rings. The molecule has 2 amide bonds. The van der Waals surface area contributed by atoms with E-state index in [-0.39, 0.29) is 11.9 Å². The van der Waals surface area contributed by atoms with Crippen LogP contribution in [0.5, 0.6) is 0 Å². The number of nitrogens with zero attached hydrogens (tertiary/aromatic N) is 1. The fourth-order valence-corrected chi connectivity index (χ4v) is 2.79. The van der Waals surface area contributed by atoms with Crippen LogP contribution in [0.25, 0.3) is 0 Å². The maximum atomic E-state index is 12.1. The van der Waals surface area contributed by atoms with Crippen LogP contribution in [0, 0.1) is 5.92 Å². The van der Waals surface area contributed by atoms with Crippen molar-refractivity contribution in [2.75, 3.05) is 13.1 Å². The van der Waals surface area contributed by atoms with Crippen molar-refractivity contribution in [3.05, 3.63) is 0 Å². The number of rotatable bonds is 5. The van der Waals surface area contributed by atoms with Crippen LogP contribution < -0.4 is 5.32 Å². The number of carbonyl (C=O) groups excluding carboxylic acids is 2. The van der Waals surface area contributed by atoms with Gasteiger partial charge in [-0.05, 0) is 32.1 Å². The van der Waals surface area contributed by atoms with Crippen molar-refractivity contribution in [1.29, 1.82) is 0 Å². The molecule has 4 nitrogen and oxygen atoms in total. The van der Waals surface area contributed by atoms with Gasteiger partial charge >= 0.3 is 0 Å². The van der Waals surface area contributed by atoms with Crippen LogP contribution in [0.15, 0.2) is 0 Å². The topological polar surface area (TPSA) is 49.4 Å². The van der Waals surface area contributed by atoms with Gasteiger partial charge in [-0.3, -0.25) is 9.59 Å². The maximum Gasteiger partial charge on any atom is 0.225 e. The van der Waals surface area contributed by atoms with Gasteiger partial charge in [-0.2, -0.15) is 0 Å². The predicted molar refractivity (Wildman–Crippen MR) is 74.6 cm³/mol. The molecule has 1 N–H and O–H groups in total.